The highest BCUT2D eigenvalue weighted by Gasteiger charge is 2.56. The third-order valence-corrected chi connectivity index (χ3v) is 5.48. The van der Waals surface area contributed by atoms with Crippen molar-refractivity contribution in [3.8, 4) is 0 Å². The number of rotatable bonds is 3. The molecule has 1 N–H and O–H groups in total. The molecule has 2 unspecified atom stereocenters. The molecular weight excluding hydrogens is 252 g/mol. The van der Waals surface area contributed by atoms with E-state index in [1.165, 1.54) is 6.42 Å². The van der Waals surface area contributed by atoms with Crippen LogP contribution in [0.4, 0.5) is 0 Å². The van der Waals surface area contributed by atoms with Gasteiger partial charge in [0.1, 0.15) is 11.6 Å². The molecular formula is C16H26N2O2. The van der Waals surface area contributed by atoms with E-state index in [1.807, 2.05) is 4.90 Å². The normalized spacial score (nSPS) is 31.3. The van der Waals surface area contributed by atoms with Crippen LogP contribution in [0.15, 0.2) is 0 Å². The number of amides is 2. The van der Waals surface area contributed by atoms with Crippen LogP contribution in [0.3, 0.4) is 0 Å². The Hall–Kier alpha value is -1.06. The van der Waals surface area contributed by atoms with E-state index in [1.54, 1.807) is 0 Å². The van der Waals surface area contributed by atoms with Crippen LogP contribution in [-0.4, -0.2) is 34.3 Å². The fourth-order valence-corrected chi connectivity index (χ4v) is 3.98. The van der Waals surface area contributed by atoms with E-state index in [2.05, 4.69) is 19.2 Å². The van der Waals surface area contributed by atoms with Gasteiger partial charge in [-0.1, -0.05) is 26.2 Å². The first-order chi connectivity index (χ1) is 9.60. The van der Waals surface area contributed by atoms with Gasteiger partial charge in [-0.2, -0.15) is 0 Å². The summed E-state index contributed by atoms with van der Waals surface area (Å²) in [6, 6.07) is -0.0862. The summed E-state index contributed by atoms with van der Waals surface area (Å²) in [6.45, 7) is 4.20. The minimum Gasteiger partial charge on any atom is -0.342 e. The van der Waals surface area contributed by atoms with Crippen molar-refractivity contribution in [2.45, 2.75) is 82.8 Å². The fourth-order valence-electron chi connectivity index (χ4n) is 3.98. The summed E-state index contributed by atoms with van der Waals surface area (Å²) < 4.78 is 0. The Balaban J connectivity index is 1.94. The number of hydrogen-bond donors (Lipinski definition) is 1. The summed E-state index contributed by atoms with van der Waals surface area (Å²) in [5.74, 6) is 0.691. The number of nitrogens with one attached hydrogen (secondary N) is 1. The van der Waals surface area contributed by atoms with Crippen molar-refractivity contribution < 1.29 is 9.59 Å². The van der Waals surface area contributed by atoms with Gasteiger partial charge >= 0.3 is 0 Å². The first-order valence-electron chi connectivity index (χ1n) is 8.24. The third kappa shape index (κ3) is 2.04. The van der Waals surface area contributed by atoms with Crippen LogP contribution in [0.1, 0.15) is 65.2 Å². The number of carbonyl (C=O) groups is 2. The average molecular weight is 278 g/mol. The van der Waals surface area contributed by atoms with Gasteiger partial charge in [0.2, 0.25) is 11.8 Å². The zero-order valence-corrected chi connectivity index (χ0v) is 12.7. The van der Waals surface area contributed by atoms with Gasteiger partial charge in [-0.3, -0.25) is 9.59 Å². The van der Waals surface area contributed by atoms with E-state index in [4.69, 9.17) is 0 Å². The molecule has 0 aromatic rings. The minimum atomic E-state index is -0.545. The van der Waals surface area contributed by atoms with Crippen molar-refractivity contribution in [1.82, 2.24) is 10.2 Å². The highest BCUT2D eigenvalue weighted by Crippen LogP contribution is 2.42. The van der Waals surface area contributed by atoms with E-state index in [9.17, 15) is 9.59 Å². The molecule has 0 aromatic carbocycles. The topological polar surface area (TPSA) is 49.4 Å². The van der Waals surface area contributed by atoms with Crippen LogP contribution in [0, 0.1) is 5.92 Å². The molecule has 1 aliphatic heterocycles. The molecule has 1 heterocycles. The Morgan fingerprint density at radius 3 is 2.45 bits per heavy atom. The van der Waals surface area contributed by atoms with Gasteiger partial charge in [0.05, 0.1) is 0 Å². The smallest absolute Gasteiger partial charge is 0.246 e. The summed E-state index contributed by atoms with van der Waals surface area (Å²) in [6.07, 6.45) is 8.06. The van der Waals surface area contributed by atoms with Crippen molar-refractivity contribution in [1.29, 1.82) is 0 Å². The second-order valence-electron chi connectivity index (χ2n) is 6.85. The maximum Gasteiger partial charge on any atom is 0.246 e. The van der Waals surface area contributed by atoms with Crippen LogP contribution in [0.2, 0.25) is 0 Å². The van der Waals surface area contributed by atoms with Gasteiger partial charge in [0, 0.05) is 6.04 Å². The molecule has 2 atom stereocenters. The molecule has 1 saturated heterocycles. The van der Waals surface area contributed by atoms with Crippen LogP contribution in [-0.2, 0) is 9.59 Å². The van der Waals surface area contributed by atoms with Gasteiger partial charge in [0.25, 0.3) is 0 Å². The summed E-state index contributed by atoms with van der Waals surface area (Å²) in [5.41, 5.74) is -0.545. The summed E-state index contributed by atoms with van der Waals surface area (Å²) in [5, 5.41) is 3.07. The van der Waals surface area contributed by atoms with E-state index in [0.717, 1.165) is 44.9 Å². The number of hydrogen-bond acceptors (Lipinski definition) is 2. The lowest BCUT2D eigenvalue weighted by atomic mass is 9.76. The lowest BCUT2D eigenvalue weighted by Gasteiger charge is -2.52. The molecule has 4 nitrogen and oxygen atoms in total. The monoisotopic (exact) mass is 278 g/mol. The molecule has 112 valence electrons. The SMILES string of the molecule is CCC(C)N1C(=O)C(C2CC2)NC(=O)C12CCCCC2. The first kappa shape index (κ1) is 13.9. The fraction of sp³-hybridized carbons (Fsp3) is 0.875. The van der Waals surface area contributed by atoms with Crippen LogP contribution in [0.5, 0.6) is 0 Å². The standard InChI is InChI=1S/C16H26N2O2/c1-3-11(2)18-14(19)13(12-7-8-12)17-15(20)16(18)9-5-4-6-10-16/h11-13H,3-10H2,1-2H3,(H,17,20). The van der Waals surface area contributed by atoms with Gasteiger partial charge in [-0.25, -0.2) is 0 Å². The lowest BCUT2D eigenvalue weighted by molar-refractivity contribution is -0.164. The van der Waals surface area contributed by atoms with Crippen LogP contribution >= 0.6 is 0 Å². The quantitative estimate of drug-likeness (QED) is 0.860. The largest absolute Gasteiger partial charge is 0.342 e. The Bertz CT molecular complexity index is 411. The maximum absolute atomic E-state index is 12.9. The molecule has 20 heavy (non-hydrogen) atoms. The Morgan fingerprint density at radius 2 is 1.90 bits per heavy atom. The van der Waals surface area contributed by atoms with E-state index in [-0.39, 0.29) is 23.9 Å². The zero-order valence-electron chi connectivity index (χ0n) is 12.7. The lowest BCUT2D eigenvalue weighted by Crippen LogP contribution is -2.73. The highest BCUT2D eigenvalue weighted by atomic mass is 16.2. The highest BCUT2D eigenvalue weighted by molar-refractivity contribution is 6.00. The second-order valence-corrected chi connectivity index (χ2v) is 6.85. The number of piperazine rings is 1. The minimum absolute atomic E-state index is 0.119. The van der Waals surface area contributed by atoms with Gasteiger partial charge in [0.15, 0.2) is 0 Å². The number of nitrogens with zero attached hydrogens (tertiary/aromatic N) is 1. The molecule has 4 heteroatoms. The van der Waals surface area contributed by atoms with Gasteiger partial charge in [-0.15, -0.1) is 0 Å². The van der Waals surface area contributed by atoms with Gasteiger partial charge < -0.3 is 10.2 Å². The summed E-state index contributed by atoms with van der Waals surface area (Å²) >= 11 is 0. The summed E-state index contributed by atoms with van der Waals surface area (Å²) in [4.78, 5) is 27.7. The predicted molar refractivity (Wildman–Crippen MR) is 77.1 cm³/mol. The van der Waals surface area contributed by atoms with Crippen molar-refractivity contribution in [2.75, 3.05) is 0 Å². The van der Waals surface area contributed by atoms with Crippen molar-refractivity contribution in [2.24, 2.45) is 5.92 Å². The Labute approximate surface area is 121 Å². The molecule has 0 bridgehead atoms. The summed E-state index contributed by atoms with van der Waals surface area (Å²) in [7, 11) is 0. The molecule has 3 fully saturated rings. The van der Waals surface area contributed by atoms with E-state index in [0.29, 0.717) is 5.92 Å². The van der Waals surface area contributed by atoms with Crippen molar-refractivity contribution in [3.63, 3.8) is 0 Å². The number of carbonyl (C=O) groups excluding carboxylic acids is 2. The molecule has 2 saturated carbocycles. The first-order valence-corrected chi connectivity index (χ1v) is 8.24. The van der Waals surface area contributed by atoms with E-state index < -0.39 is 5.54 Å². The Kier molecular flexibility index (Phi) is 3.51. The molecule has 2 aliphatic carbocycles. The van der Waals surface area contributed by atoms with Crippen LogP contribution in [0.25, 0.3) is 0 Å². The second kappa shape index (κ2) is 5.05. The van der Waals surface area contributed by atoms with E-state index >= 15 is 0 Å². The molecule has 0 aromatic heterocycles. The molecule has 0 radical (unpaired) electrons. The molecule has 2 amide bonds. The zero-order chi connectivity index (χ0) is 14.3. The van der Waals surface area contributed by atoms with Gasteiger partial charge in [-0.05, 0) is 44.9 Å². The third-order valence-electron chi connectivity index (χ3n) is 5.48. The average Bonchev–Trinajstić information content (AvgIpc) is 3.28. The van der Waals surface area contributed by atoms with Crippen molar-refractivity contribution in [3.05, 3.63) is 0 Å². The molecule has 3 aliphatic rings. The Morgan fingerprint density at radius 1 is 1.25 bits per heavy atom. The molecule has 3 rings (SSSR count). The maximum atomic E-state index is 12.9. The van der Waals surface area contributed by atoms with Crippen LogP contribution < -0.4 is 5.32 Å². The van der Waals surface area contributed by atoms with Crippen molar-refractivity contribution >= 4 is 11.8 Å². The predicted octanol–water partition coefficient (Wildman–Crippen LogP) is 2.22. The molecule has 1 spiro atoms.